The summed E-state index contributed by atoms with van der Waals surface area (Å²) in [7, 11) is 4.08. The molecule has 0 spiro atoms. The first-order valence-corrected chi connectivity index (χ1v) is 17.0. The van der Waals surface area contributed by atoms with Crippen molar-refractivity contribution in [2.24, 2.45) is 14.1 Å². The zero-order chi connectivity index (χ0) is 35.0. The number of benzene rings is 6. The number of rotatable bonds is 2. The van der Waals surface area contributed by atoms with E-state index in [-0.39, 0.29) is 11.5 Å². The molecule has 0 saturated carbocycles. The molecule has 6 aromatic carbocycles. The fourth-order valence-corrected chi connectivity index (χ4v) is 8.66. The second-order valence-corrected chi connectivity index (χ2v) is 13.5. The molecule has 0 aliphatic carbocycles. The van der Waals surface area contributed by atoms with Crippen molar-refractivity contribution in [3.8, 4) is 11.5 Å². The third kappa shape index (κ3) is 3.51. The fourth-order valence-electron chi connectivity index (χ4n) is 8.66. The van der Waals surface area contributed by atoms with Crippen LogP contribution < -0.4 is 0 Å². The van der Waals surface area contributed by atoms with Gasteiger partial charge in [0.25, 0.3) is 5.69 Å². The molecule has 0 aliphatic rings. The smallest absolute Gasteiger partial charge is 0.267 e. The van der Waals surface area contributed by atoms with E-state index in [1.807, 2.05) is 99.0 Å². The number of aryl methyl sites for hydroxylation is 2. The Morgan fingerprint density at radius 2 is 0.865 bits per heavy atom. The SMILES string of the molecule is [C-]#[N+]c1c(F)nc(-n2c3ccccc3c3cc4c(cc32)c2ccccc2n4C)c(F)c1-n1c2ccccc2c2cc3c(cc21)c1ccccc1n3C. The highest BCUT2D eigenvalue weighted by molar-refractivity contribution is 6.20. The Morgan fingerprint density at radius 3 is 1.37 bits per heavy atom. The molecule has 8 heteroatoms. The zero-order valence-corrected chi connectivity index (χ0v) is 28.0. The first-order chi connectivity index (χ1) is 25.4. The molecule has 0 atom stereocenters. The Bertz CT molecular complexity index is 3420. The van der Waals surface area contributed by atoms with E-state index in [0.717, 1.165) is 65.2 Å². The van der Waals surface area contributed by atoms with Crippen LogP contribution in [0.15, 0.2) is 121 Å². The van der Waals surface area contributed by atoms with E-state index in [0.29, 0.717) is 22.1 Å². The van der Waals surface area contributed by atoms with E-state index < -0.39 is 17.5 Å². The fraction of sp³-hybridized carbons (Fsp3) is 0.0455. The van der Waals surface area contributed by atoms with Gasteiger partial charge < -0.3 is 13.7 Å². The van der Waals surface area contributed by atoms with Gasteiger partial charge in [-0.15, -0.1) is 0 Å². The minimum atomic E-state index is -1.03. The maximum Gasteiger partial charge on any atom is 0.267 e. The van der Waals surface area contributed by atoms with E-state index in [1.165, 1.54) is 0 Å². The van der Waals surface area contributed by atoms with Crippen LogP contribution >= 0.6 is 0 Å². The Labute approximate surface area is 294 Å². The van der Waals surface area contributed by atoms with Crippen molar-refractivity contribution in [2.75, 3.05) is 0 Å². The summed E-state index contributed by atoms with van der Waals surface area (Å²) in [6, 6.07) is 40.1. The topological polar surface area (TPSA) is 37.0 Å². The minimum Gasteiger partial charge on any atom is -0.344 e. The van der Waals surface area contributed by atoms with Gasteiger partial charge in [-0.1, -0.05) is 72.8 Å². The second kappa shape index (κ2) is 10.1. The average Bonchev–Trinajstić information content (AvgIpc) is 3.86. The average molecular weight is 677 g/mol. The van der Waals surface area contributed by atoms with Crippen molar-refractivity contribution in [3.63, 3.8) is 0 Å². The summed E-state index contributed by atoms with van der Waals surface area (Å²) in [4.78, 5) is 7.82. The van der Waals surface area contributed by atoms with Crippen molar-refractivity contribution in [2.45, 2.75) is 0 Å². The van der Waals surface area contributed by atoms with Crippen LogP contribution in [-0.4, -0.2) is 23.3 Å². The maximum absolute atomic E-state index is 17.9. The summed E-state index contributed by atoms with van der Waals surface area (Å²) in [5.74, 6) is -2.02. The summed E-state index contributed by atoms with van der Waals surface area (Å²) >= 11 is 0. The van der Waals surface area contributed by atoms with E-state index in [2.05, 4.69) is 55.4 Å². The predicted molar refractivity (Wildman–Crippen MR) is 207 cm³/mol. The molecule has 0 amide bonds. The van der Waals surface area contributed by atoms with Gasteiger partial charge in [0, 0.05) is 79.3 Å². The molecule has 0 fully saturated rings. The summed E-state index contributed by atoms with van der Waals surface area (Å²) in [6.45, 7) is 8.11. The highest BCUT2D eigenvalue weighted by atomic mass is 19.1. The monoisotopic (exact) mass is 676 g/mol. The maximum atomic E-state index is 17.9. The first-order valence-electron chi connectivity index (χ1n) is 17.0. The standard InChI is InChI=1S/C44H26F2N6/c1-47-41-42(51-34-18-10-6-14-26(34)30-20-36-28(22-38(30)51)24-12-4-8-16-32(24)49(36)2)40(45)44(48-43(41)46)52-35-19-11-7-15-27(35)31-21-37-29(23-39(31)52)25-13-5-9-17-33(25)50(37)3/h4-23H,2-3H3. The molecule has 0 saturated heterocycles. The summed E-state index contributed by atoms with van der Waals surface area (Å²) in [6.07, 6.45) is 0. The van der Waals surface area contributed by atoms with E-state index in [1.54, 1.807) is 9.13 Å². The van der Waals surface area contributed by atoms with Gasteiger partial charge >= 0.3 is 0 Å². The highest BCUT2D eigenvalue weighted by Crippen LogP contribution is 2.44. The minimum absolute atomic E-state index is 0.166. The quantitative estimate of drug-likeness (QED) is 0.133. The van der Waals surface area contributed by atoms with Gasteiger partial charge in [-0.25, -0.2) is 14.2 Å². The third-order valence-corrected chi connectivity index (χ3v) is 11.0. The third-order valence-electron chi connectivity index (χ3n) is 11.0. The summed E-state index contributed by atoms with van der Waals surface area (Å²) in [5, 5.41) is 7.61. The largest absolute Gasteiger partial charge is 0.344 e. The van der Waals surface area contributed by atoms with E-state index in [9.17, 15) is 0 Å². The highest BCUT2D eigenvalue weighted by Gasteiger charge is 2.29. The van der Waals surface area contributed by atoms with Crippen molar-refractivity contribution < 1.29 is 8.78 Å². The molecule has 0 radical (unpaired) electrons. The van der Waals surface area contributed by atoms with Crippen LogP contribution in [0.1, 0.15) is 0 Å². The lowest BCUT2D eigenvalue weighted by Gasteiger charge is -2.16. The molecule has 11 aromatic rings. The van der Waals surface area contributed by atoms with Gasteiger partial charge in [-0.05, 0) is 48.5 Å². The number of fused-ring (bicyclic) bond motifs is 12. The van der Waals surface area contributed by atoms with Gasteiger partial charge in [-0.3, -0.25) is 4.57 Å². The zero-order valence-electron chi connectivity index (χ0n) is 28.0. The van der Waals surface area contributed by atoms with E-state index >= 15 is 8.78 Å². The normalized spacial score (nSPS) is 12.2. The number of hydrogen-bond donors (Lipinski definition) is 0. The van der Waals surface area contributed by atoms with Crippen LogP contribution in [0.5, 0.6) is 0 Å². The van der Waals surface area contributed by atoms with Crippen molar-refractivity contribution >= 4 is 92.9 Å². The molecule has 246 valence electrons. The predicted octanol–water partition coefficient (Wildman–Crippen LogP) is 11.4. The molecule has 0 aliphatic heterocycles. The van der Waals surface area contributed by atoms with Gasteiger partial charge in [0.2, 0.25) is 5.95 Å². The van der Waals surface area contributed by atoms with Crippen LogP contribution in [0.2, 0.25) is 0 Å². The molecule has 0 N–H and O–H groups in total. The number of aromatic nitrogens is 5. The van der Waals surface area contributed by atoms with Gasteiger partial charge in [0.1, 0.15) is 0 Å². The Kier molecular flexibility index (Phi) is 5.57. The second-order valence-electron chi connectivity index (χ2n) is 13.5. The van der Waals surface area contributed by atoms with Crippen LogP contribution in [0.4, 0.5) is 14.5 Å². The molecule has 52 heavy (non-hydrogen) atoms. The molecule has 5 heterocycles. The van der Waals surface area contributed by atoms with Crippen molar-refractivity contribution in [3.05, 3.63) is 145 Å². The Balaban J connectivity index is 1.29. The van der Waals surface area contributed by atoms with Crippen LogP contribution in [-0.2, 0) is 14.1 Å². The molecule has 11 rings (SSSR count). The lowest BCUT2D eigenvalue weighted by Crippen LogP contribution is -2.09. The molecule has 6 nitrogen and oxygen atoms in total. The lowest BCUT2D eigenvalue weighted by atomic mass is 10.1. The number of nitrogens with zero attached hydrogens (tertiary/aromatic N) is 6. The van der Waals surface area contributed by atoms with Crippen LogP contribution in [0.25, 0.3) is 104 Å². The summed E-state index contributed by atoms with van der Waals surface area (Å²) < 4.78 is 42.1. The molecule has 5 aromatic heterocycles. The molecular weight excluding hydrogens is 651 g/mol. The molecular formula is C44H26F2N6. The van der Waals surface area contributed by atoms with Gasteiger partial charge in [-0.2, -0.15) is 4.39 Å². The number of para-hydroxylation sites is 4. The number of pyridine rings is 1. The van der Waals surface area contributed by atoms with Crippen molar-refractivity contribution in [1.82, 2.24) is 23.3 Å². The van der Waals surface area contributed by atoms with Crippen LogP contribution in [0.3, 0.4) is 0 Å². The number of halogens is 2. The Morgan fingerprint density at radius 1 is 0.481 bits per heavy atom. The van der Waals surface area contributed by atoms with Crippen LogP contribution in [0, 0.1) is 18.3 Å². The van der Waals surface area contributed by atoms with Gasteiger partial charge in [0.15, 0.2) is 11.6 Å². The molecule has 0 bridgehead atoms. The number of hydrogen-bond acceptors (Lipinski definition) is 1. The van der Waals surface area contributed by atoms with Crippen molar-refractivity contribution in [1.29, 1.82) is 0 Å². The molecule has 0 unspecified atom stereocenters. The summed E-state index contributed by atoms with van der Waals surface area (Å²) in [5.41, 5.74) is 6.27. The Hall–Kier alpha value is -6.98. The van der Waals surface area contributed by atoms with E-state index in [4.69, 9.17) is 6.57 Å². The lowest BCUT2D eigenvalue weighted by molar-refractivity contribution is 0.556. The first kappa shape index (κ1) is 28.8. The van der Waals surface area contributed by atoms with Gasteiger partial charge in [0.05, 0.1) is 34.3 Å².